The Morgan fingerprint density at radius 2 is 1.96 bits per heavy atom. The fourth-order valence-electron chi connectivity index (χ4n) is 3.36. The number of aromatic nitrogens is 3. The van der Waals surface area contributed by atoms with Crippen LogP contribution in [0.3, 0.4) is 0 Å². The molecule has 0 aliphatic carbocycles. The van der Waals surface area contributed by atoms with E-state index in [2.05, 4.69) is 5.10 Å². The van der Waals surface area contributed by atoms with Gasteiger partial charge in [-0.25, -0.2) is 26.8 Å². The van der Waals surface area contributed by atoms with Gasteiger partial charge in [-0.2, -0.15) is 5.10 Å². The van der Waals surface area contributed by atoms with Crippen LogP contribution in [-0.4, -0.2) is 45.9 Å². The number of nitrogens with zero attached hydrogens (tertiary/aromatic N) is 4. The number of hydrogen-bond acceptors (Lipinski definition) is 4. The highest BCUT2D eigenvalue weighted by atomic mass is 32.2. The highest BCUT2D eigenvalue weighted by molar-refractivity contribution is 7.89. The zero-order valence-electron chi connectivity index (χ0n) is 14.6. The van der Waals surface area contributed by atoms with E-state index in [1.165, 1.54) is 4.68 Å². The number of sulfonamides is 1. The first-order chi connectivity index (χ1) is 11.9. The lowest BCUT2D eigenvalue weighted by Crippen LogP contribution is -2.41. The zero-order chi connectivity index (χ0) is 18.0. The molecule has 1 aliphatic heterocycles. The Balaban J connectivity index is 1.97. The van der Waals surface area contributed by atoms with Crippen LogP contribution in [-0.2, 0) is 17.1 Å². The summed E-state index contributed by atoms with van der Waals surface area (Å²) in [6.07, 6.45) is 2.19. The van der Waals surface area contributed by atoms with Crippen molar-refractivity contribution in [2.24, 2.45) is 7.05 Å². The van der Waals surface area contributed by atoms with Crippen molar-refractivity contribution in [1.29, 1.82) is 0 Å². The highest BCUT2D eigenvalue weighted by Crippen LogP contribution is 2.28. The predicted molar refractivity (Wildman–Crippen MR) is 96.4 cm³/mol. The third-order valence-electron chi connectivity index (χ3n) is 4.57. The maximum Gasteiger partial charge on any atom is 0.350 e. The maximum atomic E-state index is 12.5. The van der Waals surface area contributed by atoms with Gasteiger partial charge in [-0.05, 0) is 31.4 Å². The fourth-order valence-corrected chi connectivity index (χ4v) is 4.95. The molecule has 1 saturated heterocycles. The lowest BCUT2D eigenvalue weighted by molar-refractivity contribution is 0.307. The summed E-state index contributed by atoms with van der Waals surface area (Å²) in [6.45, 7) is 2.79. The Bertz CT molecular complexity index is 886. The third-order valence-corrected chi connectivity index (χ3v) is 6.61. The van der Waals surface area contributed by atoms with Crippen molar-refractivity contribution >= 4 is 10.0 Å². The molecule has 0 radical (unpaired) electrons. The Morgan fingerprint density at radius 3 is 2.64 bits per heavy atom. The van der Waals surface area contributed by atoms with Gasteiger partial charge in [-0.3, -0.25) is 0 Å². The van der Waals surface area contributed by atoms with Gasteiger partial charge in [0.25, 0.3) is 0 Å². The van der Waals surface area contributed by atoms with E-state index in [0.29, 0.717) is 25.3 Å². The van der Waals surface area contributed by atoms with Crippen LogP contribution >= 0.6 is 0 Å². The molecule has 7 nitrogen and oxygen atoms in total. The monoisotopic (exact) mass is 364 g/mol. The summed E-state index contributed by atoms with van der Waals surface area (Å²) in [4.78, 5) is 12.5. The molecule has 25 heavy (non-hydrogen) atoms. The average Bonchev–Trinajstić information content (AvgIpc) is 2.91. The van der Waals surface area contributed by atoms with Crippen LogP contribution in [0.25, 0.3) is 5.69 Å². The molecule has 1 fully saturated rings. The zero-order valence-corrected chi connectivity index (χ0v) is 15.4. The Hall–Kier alpha value is -1.93. The van der Waals surface area contributed by atoms with Crippen LogP contribution in [0, 0.1) is 0 Å². The van der Waals surface area contributed by atoms with Crippen molar-refractivity contribution < 1.29 is 8.42 Å². The molecule has 1 atom stereocenters. The topological polar surface area (TPSA) is 77.2 Å². The molecular formula is C17H24N4O3S. The molecule has 0 saturated carbocycles. The van der Waals surface area contributed by atoms with Gasteiger partial charge in [0.2, 0.25) is 10.0 Å². The Morgan fingerprint density at radius 1 is 1.24 bits per heavy atom. The van der Waals surface area contributed by atoms with E-state index in [0.717, 1.165) is 18.5 Å². The van der Waals surface area contributed by atoms with Gasteiger partial charge >= 0.3 is 5.69 Å². The predicted octanol–water partition coefficient (Wildman–Crippen LogP) is 1.49. The summed E-state index contributed by atoms with van der Waals surface area (Å²) < 4.78 is 29.3. The first-order valence-corrected chi connectivity index (χ1v) is 10.2. The number of piperidine rings is 1. The number of aryl methyl sites for hydroxylation is 1. The van der Waals surface area contributed by atoms with Crippen LogP contribution in [0.5, 0.6) is 0 Å². The van der Waals surface area contributed by atoms with E-state index in [-0.39, 0.29) is 17.4 Å². The van der Waals surface area contributed by atoms with Gasteiger partial charge in [0.05, 0.1) is 11.4 Å². The van der Waals surface area contributed by atoms with E-state index in [1.54, 1.807) is 15.9 Å². The van der Waals surface area contributed by atoms with Crippen molar-refractivity contribution in [3.8, 4) is 5.69 Å². The highest BCUT2D eigenvalue weighted by Gasteiger charge is 2.32. The Kier molecular flexibility index (Phi) is 5.10. The third kappa shape index (κ3) is 3.55. The summed E-state index contributed by atoms with van der Waals surface area (Å²) >= 11 is 0. The molecule has 2 aromatic rings. The summed E-state index contributed by atoms with van der Waals surface area (Å²) in [5.74, 6) is 0.706. The first kappa shape index (κ1) is 17.9. The van der Waals surface area contributed by atoms with Crippen LogP contribution in [0.1, 0.15) is 37.9 Å². The van der Waals surface area contributed by atoms with Crippen LogP contribution in [0.15, 0.2) is 35.1 Å². The van der Waals surface area contributed by atoms with Gasteiger partial charge in [-0.1, -0.05) is 25.1 Å². The van der Waals surface area contributed by atoms with Crippen molar-refractivity contribution in [3.05, 3.63) is 46.6 Å². The van der Waals surface area contributed by atoms with Crippen LogP contribution in [0.4, 0.5) is 0 Å². The van der Waals surface area contributed by atoms with Gasteiger partial charge < -0.3 is 0 Å². The molecule has 8 heteroatoms. The van der Waals surface area contributed by atoms with Gasteiger partial charge in [0, 0.05) is 26.1 Å². The molecule has 1 unspecified atom stereocenters. The average molecular weight is 364 g/mol. The SMILES string of the molecule is CCCS(=O)(=O)N1CCCC(c2nn(C)c(=O)n2-c2ccccc2)C1. The largest absolute Gasteiger partial charge is 0.350 e. The normalized spacial score (nSPS) is 19.2. The molecule has 0 spiro atoms. The molecule has 0 amide bonds. The minimum Gasteiger partial charge on any atom is -0.247 e. The van der Waals surface area contributed by atoms with Crippen molar-refractivity contribution in [2.45, 2.75) is 32.1 Å². The smallest absolute Gasteiger partial charge is 0.247 e. The second-order valence-electron chi connectivity index (χ2n) is 6.45. The first-order valence-electron chi connectivity index (χ1n) is 8.63. The number of benzene rings is 1. The quantitative estimate of drug-likeness (QED) is 0.805. The minimum atomic E-state index is -3.24. The molecule has 0 bridgehead atoms. The van der Waals surface area contributed by atoms with E-state index < -0.39 is 10.0 Å². The van der Waals surface area contributed by atoms with Gasteiger partial charge in [-0.15, -0.1) is 0 Å². The molecule has 1 aromatic heterocycles. The van der Waals surface area contributed by atoms with E-state index in [4.69, 9.17) is 0 Å². The number of para-hydroxylation sites is 1. The second-order valence-corrected chi connectivity index (χ2v) is 8.54. The molecular weight excluding hydrogens is 340 g/mol. The van der Waals surface area contributed by atoms with E-state index in [9.17, 15) is 13.2 Å². The van der Waals surface area contributed by atoms with Crippen molar-refractivity contribution in [1.82, 2.24) is 18.7 Å². The van der Waals surface area contributed by atoms with E-state index in [1.807, 2.05) is 37.3 Å². The second kappa shape index (κ2) is 7.13. The summed E-state index contributed by atoms with van der Waals surface area (Å²) in [5.41, 5.74) is 0.541. The standard InChI is InChI=1S/C17H24N4O3S/c1-3-12-25(23,24)20-11-7-8-14(13-20)16-18-19(2)17(22)21(16)15-9-5-4-6-10-15/h4-6,9-10,14H,3,7-8,11-13H2,1-2H3. The molecule has 2 heterocycles. The number of hydrogen-bond donors (Lipinski definition) is 0. The Labute approximate surface area is 147 Å². The van der Waals surface area contributed by atoms with Gasteiger partial charge in [0.1, 0.15) is 5.82 Å². The summed E-state index contributed by atoms with van der Waals surface area (Å²) in [7, 11) is -1.62. The lowest BCUT2D eigenvalue weighted by Gasteiger charge is -2.31. The molecule has 1 aliphatic rings. The molecule has 0 N–H and O–H groups in total. The maximum absolute atomic E-state index is 12.5. The van der Waals surface area contributed by atoms with Crippen LogP contribution < -0.4 is 5.69 Å². The number of rotatable bonds is 5. The van der Waals surface area contributed by atoms with Crippen molar-refractivity contribution in [3.63, 3.8) is 0 Å². The fraction of sp³-hybridized carbons (Fsp3) is 0.529. The van der Waals surface area contributed by atoms with E-state index >= 15 is 0 Å². The molecule has 3 rings (SSSR count). The van der Waals surface area contributed by atoms with Gasteiger partial charge in [0.15, 0.2) is 0 Å². The lowest BCUT2D eigenvalue weighted by atomic mass is 9.98. The summed E-state index contributed by atoms with van der Waals surface area (Å²) in [6, 6.07) is 9.36. The van der Waals surface area contributed by atoms with Crippen LogP contribution in [0.2, 0.25) is 0 Å². The van der Waals surface area contributed by atoms with Crippen molar-refractivity contribution in [2.75, 3.05) is 18.8 Å². The molecule has 1 aromatic carbocycles. The molecule has 136 valence electrons. The minimum absolute atomic E-state index is 0.0884. The summed E-state index contributed by atoms with van der Waals surface area (Å²) in [5, 5.41) is 4.42.